The molecule has 1 aliphatic heterocycles. The number of ether oxygens (including phenoxy) is 1. The maximum absolute atomic E-state index is 12.8. The van der Waals surface area contributed by atoms with Crippen LogP contribution in [0.3, 0.4) is 0 Å². The summed E-state index contributed by atoms with van der Waals surface area (Å²) in [7, 11) is 1.67. The molecule has 2 fully saturated rings. The minimum atomic E-state index is -0.0260. The van der Waals surface area contributed by atoms with Crippen molar-refractivity contribution in [2.45, 2.75) is 45.1 Å². The van der Waals surface area contributed by atoms with Gasteiger partial charge in [-0.1, -0.05) is 6.07 Å². The molecule has 1 saturated heterocycles. The van der Waals surface area contributed by atoms with E-state index in [-0.39, 0.29) is 5.91 Å². The molecule has 0 bridgehead atoms. The van der Waals surface area contributed by atoms with Crippen molar-refractivity contribution in [1.82, 2.24) is 9.88 Å². The van der Waals surface area contributed by atoms with Crippen LogP contribution in [0.2, 0.25) is 0 Å². The molecule has 0 unspecified atom stereocenters. The van der Waals surface area contributed by atoms with Gasteiger partial charge in [0.2, 0.25) is 5.76 Å². The monoisotopic (exact) mass is 369 g/mol. The van der Waals surface area contributed by atoms with Gasteiger partial charge in [-0.25, -0.2) is 4.98 Å². The fraction of sp³-hybridized carbons (Fsp3) is 0.524. The second-order valence-electron chi connectivity index (χ2n) is 7.61. The fourth-order valence-corrected chi connectivity index (χ4v) is 3.63. The summed E-state index contributed by atoms with van der Waals surface area (Å²) < 4.78 is 11.1. The summed E-state index contributed by atoms with van der Waals surface area (Å²) in [5.41, 5.74) is 1.77. The second-order valence-corrected chi connectivity index (χ2v) is 7.61. The Morgan fingerprint density at radius 2 is 2.07 bits per heavy atom. The number of carbonyl (C=O) groups excluding carboxylic acids is 1. The first-order valence-corrected chi connectivity index (χ1v) is 9.78. The first kappa shape index (κ1) is 17.9. The standard InChI is InChI=1S/C21H27N3O3/c1-14-20(27-19(22-14)12-15-6-7-15)21(25)24-10-8-16(9-11-24)23-17-4-3-5-18(13-17)26-2/h3-5,13,15-16,23H,6-12H2,1-2H3. The summed E-state index contributed by atoms with van der Waals surface area (Å²) in [6, 6.07) is 8.30. The number of aromatic nitrogens is 1. The van der Waals surface area contributed by atoms with E-state index in [2.05, 4.69) is 10.3 Å². The van der Waals surface area contributed by atoms with Crippen LogP contribution in [-0.4, -0.2) is 42.0 Å². The van der Waals surface area contributed by atoms with Crippen molar-refractivity contribution < 1.29 is 13.9 Å². The van der Waals surface area contributed by atoms with E-state index in [0.717, 1.165) is 43.8 Å². The first-order chi connectivity index (χ1) is 13.1. The van der Waals surface area contributed by atoms with Crippen molar-refractivity contribution in [3.05, 3.63) is 41.6 Å². The fourth-order valence-electron chi connectivity index (χ4n) is 3.63. The molecule has 0 spiro atoms. The third-order valence-electron chi connectivity index (χ3n) is 5.42. The van der Waals surface area contributed by atoms with Gasteiger partial charge >= 0.3 is 0 Å². The molecule has 6 nitrogen and oxygen atoms in total. The van der Waals surface area contributed by atoms with Crippen molar-refractivity contribution >= 4 is 11.6 Å². The maximum Gasteiger partial charge on any atom is 0.291 e. The van der Waals surface area contributed by atoms with Gasteiger partial charge in [-0.15, -0.1) is 0 Å². The summed E-state index contributed by atoms with van der Waals surface area (Å²) in [5, 5.41) is 3.55. The van der Waals surface area contributed by atoms with E-state index in [0.29, 0.717) is 29.3 Å². The molecular formula is C21H27N3O3. The normalized spacial score (nSPS) is 17.8. The lowest BCUT2D eigenvalue weighted by molar-refractivity contribution is 0.0683. The number of piperidine rings is 1. The number of oxazole rings is 1. The third-order valence-corrected chi connectivity index (χ3v) is 5.42. The third kappa shape index (κ3) is 4.26. The maximum atomic E-state index is 12.8. The van der Waals surface area contributed by atoms with Crippen molar-refractivity contribution in [2.24, 2.45) is 5.92 Å². The molecule has 2 heterocycles. The molecule has 2 aliphatic rings. The molecule has 1 aromatic carbocycles. The molecule has 0 radical (unpaired) electrons. The number of methoxy groups -OCH3 is 1. The molecule has 1 saturated carbocycles. The summed E-state index contributed by atoms with van der Waals surface area (Å²) in [5.74, 6) is 2.65. The molecule has 1 N–H and O–H groups in total. The Labute approximate surface area is 159 Å². The highest BCUT2D eigenvalue weighted by atomic mass is 16.5. The Kier molecular flexibility index (Phi) is 5.05. The van der Waals surface area contributed by atoms with Crippen LogP contribution >= 0.6 is 0 Å². The van der Waals surface area contributed by atoms with Crippen LogP contribution in [0.5, 0.6) is 5.75 Å². The van der Waals surface area contributed by atoms with Gasteiger partial charge < -0.3 is 19.4 Å². The van der Waals surface area contributed by atoms with Gasteiger partial charge in [0.05, 0.1) is 12.8 Å². The Hall–Kier alpha value is -2.50. The van der Waals surface area contributed by atoms with Crippen molar-refractivity contribution in [3.63, 3.8) is 0 Å². The Bertz CT molecular complexity index is 805. The van der Waals surface area contributed by atoms with Gasteiger partial charge in [-0.2, -0.15) is 0 Å². The molecule has 1 aliphatic carbocycles. The molecule has 27 heavy (non-hydrogen) atoms. The van der Waals surface area contributed by atoms with Crippen molar-refractivity contribution in [3.8, 4) is 5.75 Å². The van der Waals surface area contributed by atoms with Gasteiger partial charge in [0, 0.05) is 37.3 Å². The molecule has 6 heteroatoms. The van der Waals surface area contributed by atoms with Gasteiger partial charge in [-0.05, 0) is 50.7 Å². The number of carbonyl (C=O) groups is 1. The van der Waals surface area contributed by atoms with E-state index in [1.54, 1.807) is 7.11 Å². The topological polar surface area (TPSA) is 67.6 Å². The zero-order chi connectivity index (χ0) is 18.8. The summed E-state index contributed by atoms with van der Waals surface area (Å²) >= 11 is 0. The summed E-state index contributed by atoms with van der Waals surface area (Å²) in [6.07, 6.45) is 5.17. The van der Waals surface area contributed by atoms with Crippen LogP contribution in [0.25, 0.3) is 0 Å². The van der Waals surface area contributed by atoms with Crippen molar-refractivity contribution in [2.75, 3.05) is 25.5 Å². The van der Waals surface area contributed by atoms with Gasteiger partial charge in [-0.3, -0.25) is 4.79 Å². The van der Waals surface area contributed by atoms with Crippen LogP contribution in [0, 0.1) is 12.8 Å². The molecule has 1 amide bonds. The van der Waals surface area contributed by atoms with E-state index in [9.17, 15) is 4.79 Å². The predicted octanol–water partition coefficient (Wildman–Crippen LogP) is 3.66. The number of hydrogen-bond acceptors (Lipinski definition) is 5. The smallest absolute Gasteiger partial charge is 0.291 e. The molecule has 1 aromatic heterocycles. The van der Waals surface area contributed by atoms with E-state index < -0.39 is 0 Å². The van der Waals surface area contributed by atoms with Crippen LogP contribution in [0.4, 0.5) is 5.69 Å². The number of anilines is 1. The van der Waals surface area contributed by atoms with Gasteiger partial charge in [0.25, 0.3) is 5.91 Å². The Morgan fingerprint density at radius 3 is 2.78 bits per heavy atom. The van der Waals surface area contributed by atoms with E-state index >= 15 is 0 Å². The quantitative estimate of drug-likeness (QED) is 0.842. The van der Waals surface area contributed by atoms with E-state index in [1.165, 1.54) is 12.8 Å². The molecule has 0 atom stereocenters. The number of hydrogen-bond donors (Lipinski definition) is 1. The number of likely N-dealkylation sites (tertiary alicyclic amines) is 1. The summed E-state index contributed by atoms with van der Waals surface area (Å²) in [4.78, 5) is 19.2. The van der Waals surface area contributed by atoms with Gasteiger partial charge in [0.1, 0.15) is 5.75 Å². The molecular weight excluding hydrogens is 342 g/mol. The van der Waals surface area contributed by atoms with E-state index in [1.807, 2.05) is 36.1 Å². The first-order valence-electron chi connectivity index (χ1n) is 9.78. The number of rotatable bonds is 6. The van der Waals surface area contributed by atoms with Crippen LogP contribution in [0.15, 0.2) is 28.7 Å². The molecule has 4 rings (SSSR count). The number of nitrogens with zero attached hydrogens (tertiary/aromatic N) is 2. The number of amides is 1. The molecule has 2 aromatic rings. The lowest BCUT2D eigenvalue weighted by atomic mass is 10.0. The summed E-state index contributed by atoms with van der Waals surface area (Å²) in [6.45, 7) is 3.31. The lowest BCUT2D eigenvalue weighted by Gasteiger charge is -2.32. The van der Waals surface area contributed by atoms with Crippen LogP contribution < -0.4 is 10.1 Å². The SMILES string of the molecule is COc1cccc(NC2CCN(C(=O)c3oc(CC4CC4)nc3C)CC2)c1. The minimum Gasteiger partial charge on any atom is -0.497 e. The van der Waals surface area contributed by atoms with Crippen LogP contribution in [-0.2, 0) is 6.42 Å². The van der Waals surface area contributed by atoms with Gasteiger partial charge in [0.15, 0.2) is 5.89 Å². The Balaban J connectivity index is 1.33. The predicted molar refractivity (Wildman–Crippen MR) is 103 cm³/mol. The van der Waals surface area contributed by atoms with E-state index in [4.69, 9.17) is 9.15 Å². The minimum absolute atomic E-state index is 0.0260. The largest absolute Gasteiger partial charge is 0.497 e. The highest BCUT2D eigenvalue weighted by Gasteiger charge is 2.29. The van der Waals surface area contributed by atoms with Crippen molar-refractivity contribution in [1.29, 1.82) is 0 Å². The average Bonchev–Trinajstić information content (AvgIpc) is 3.42. The second kappa shape index (κ2) is 7.62. The number of nitrogens with one attached hydrogen (secondary N) is 1. The number of benzene rings is 1. The van der Waals surface area contributed by atoms with Crippen LogP contribution in [0.1, 0.15) is 47.8 Å². The average molecular weight is 369 g/mol. The molecule has 144 valence electrons. The zero-order valence-corrected chi connectivity index (χ0v) is 16.0. The lowest BCUT2D eigenvalue weighted by Crippen LogP contribution is -2.42. The highest BCUT2D eigenvalue weighted by Crippen LogP contribution is 2.33. The Morgan fingerprint density at radius 1 is 1.30 bits per heavy atom. The zero-order valence-electron chi connectivity index (χ0n) is 16.0. The highest BCUT2D eigenvalue weighted by molar-refractivity contribution is 5.92. The number of aryl methyl sites for hydroxylation is 1.